The fourth-order valence-electron chi connectivity index (χ4n) is 5.04. The van der Waals surface area contributed by atoms with Crippen molar-refractivity contribution in [1.82, 2.24) is 5.32 Å². The highest BCUT2D eigenvalue weighted by Crippen LogP contribution is 2.55. The van der Waals surface area contributed by atoms with Gasteiger partial charge in [0.05, 0.1) is 0 Å². The molecule has 0 saturated heterocycles. The molecule has 1 amide bonds. The monoisotopic (exact) mass is 260 g/mol. The topological polar surface area (TPSA) is 68.3 Å². The van der Waals surface area contributed by atoms with Crippen LogP contribution in [-0.2, 0) is 0 Å². The summed E-state index contributed by atoms with van der Waals surface area (Å²) < 4.78 is 5.22. The van der Waals surface area contributed by atoms with Crippen LogP contribution in [0, 0.1) is 17.8 Å². The van der Waals surface area contributed by atoms with Crippen molar-refractivity contribution >= 4 is 11.8 Å². The summed E-state index contributed by atoms with van der Waals surface area (Å²) in [6.45, 7) is 0. The molecule has 4 nitrogen and oxygen atoms in total. The molecule has 1 aromatic heterocycles. The van der Waals surface area contributed by atoms with E-state index in [1.54, 1.807) is 12.1 Å². The standard InChI is InChI=1S/C15H20N2O2/c16-13-2-1-12(19-13)14(18)17-15-6-9-3-10(7-15)5-11(4-9)8-15/h1-2,9-11H,3-8,16H2,(H,17,18). The minimum atomic E-state index is -0.0985. The molecule has 1 aromatic rings. The zero-order chi connectivity index (χ0) is 13.0. The van der Waals surface area contributed by atoms with Crippen molar-refractivity contribution in [3.05, 3.63) is 17.9 Å². The van der Waals surface area contributed by atoms with Gasteiger partial charge in [-0.25, -0.2) is 0 Å². The van der Waals surface area contributed by atoms with Gasteiger partial charge in [0.1, 0.15) is 0 Å². The molecule has 5 rings (SSSR count). The molecule has 102 valence electrons. The Hall–Kier alpha value is -1.45. The summed E-state index contributed by atoms with van der Waals surface area (Å²) in [6, 6.07) is 3.29. The maximum atomic E-state index is 12.3. The van der Waals surface area contributed by atoms with Crippen LogP contribution in [0.4, 0.5) is 5.88 Å². The lowest BCUT2D eigenvalue weighted by molar-refractivity contribution is -0.0171. The van der Waals surface area contributed by atoms with E-state index >= 15 is 0 Å². The number of nitrogens with two attached hydrogens (primary N) is 1. The van der Waals surface area contributed by atoms with Gasteiger partial charge in [0, 0.05) is 11.6 Å². The lowest BCUT2D eigenvalue weighted by Crippen LogP contribution is -2.59. The third-order valence-corrected chi connectivity index (χ3v) is 5.27. The maximum Gasteiger partial charge on any atom is 0.287 e. The lowest BCUT2D eigenvalue weighted by atomic mass is 9.53. The largest absolute Gasteiger partial charge is 0.436 e. The van der Waals surface area contributed by atoms with Gasteiger partial charge in [0.15, 0.2) is 11.6 Å². The Kier molecular flexibility index (Phi) is 2.26. The van der Waals surface area contributed by atoms with Crippen LogP contribution in [0.15, 0.2) is 16.5 Å². The first kappa shape index (κ1) is 11.4. The van der Waals surface area contributed by atoms with Crippen LogP contribution in [-0.4, -0.2) is 11.4 Å². The SMILES string of the molecule is Nc1ccc(C(=O)NC23CC4CC(CC(C4)C2)C3)o1. The van der Waals surface area contributed by atoms with E-state index in [4.69, 9.17) is 10.2 Å². The minimum Gasteiger partial charge on any atom is -0.436 e. The number of rotatable bonds is 2. The van der Waals surface area contributed by atoms with Crippen molar-refractivity contribution < 1.29 is 9.21 Å². The second-order valence-corrected chi connectivity index (χ2v) is 6.85. The van der Waals surface area contributed by atoms with Crippen LogP contribution in [0.2, 0.25) is 0 Å². The molecule has 0 spiro atoms. The fourth-order valence-corrected chi connectivity index (χ4v) is 5.04. The van der Waals surface area contributed by atoms with Gasteiger partial charge in [-0.2, -0.15) is 0 Å². The zero-order valence-corrected chi connectivity index (χ0v) is 11.0. The molecule has 0 aliphatic heterocycles. The Labute approximate surface area is 112 Å². The summed E-state index contributed by atoms with van der Waals surface area (Å²) in [4.78, 5) is 12.3. The summed E-state index contributed by atoms with van der Waals surface area (Å²) in [5.74, 6) is 3.03. The van der Waals surface area contributed by atoms with Gasteiger partial charge in [0.25, 0.3) is 5.91 Å². The summed E-state index contributed by atoms with van der Waals surface area (Å²) in [5, 5.41) is 3.27. The van der Waals surface area contributed by atoms with E-state index in [2.05, 4.69) is 5.32 Å². The number of furan rings is 1. The van der Waals surface area contributed by atoms with E-state index in [1.807, 2.05) is 0 Å². The minimum absolute atomic E-state index is 0.0351. The number of anilines is 1. The van der Waals surface area contributed by atoms with Crippen LogP contribution in [0.3, 0.4) is 0 Å². The first-order valence-electron chi connectivity index (χ1n) is 7.30. The Balaban J connectivity index is 1.54. The average Bonchev–Trinajstić information content (AvgIpc) is 2.73. The molecule has 4 saturated carbocycles. The maximum absolute atomic E-state index is 12.3. The molecule has 3 N–H and O–H groups in total. The van der Waals surface area contributed by atoms with E-state index in [0.29, 0.717) is 11.6 Å². The number of amides is 1. The van der Waals surface area contributed by atoms with Crippen molar-refractivity contribution in [3.63, 3.8) is 0 Å². The Bertz CT molecular complexity index is 485. The Morgan fingerprint density at radius 2 is 1.74 bits per heavy atom. The highest BCUT2D eigenvalue weighted by Gasteiger charge is 2.51. The molecule has 4 aliphatic carbocycles. The summed E-state index contributed by atoms with van der Waals surface area (Å²) >= 11 is 0. The Morgan fingerprint density at radius 1 is 1.16 bits per heavy atom. The van der Waals surface area contributed by atoms with Crippen molar-refractivity contribution in [2.24, 2.45) is 17.8 Å². The molecule has 0 unspecified atom stereocenters. The molecule has 4 fully saturated rings. The van der Waals surface area contributed by atoms with E-state index in [9.17, 15) is 4.79 Å². The van der Waals surface area contributed by atoms with Gasteiger partial charge >= 0.3 is 0 Å². The van der Waals surface area contributed by atoms with E-state index in [-0.39, 0.29) is 11.4 Å². The third-order valence-electron chi connectivity index (χ3n) is 5.27. The molecule has 0 radical (unpaired) electrons. The van der Waals surface area contributed by atoms with Gasteiger partial charge in [-0.05, 0) is 62.3 Å². The third kappa shape index (κ3) is 1.85. The summed E-state index contributed by atoms with van der Waals surface area (Å²) in [7, 11) is 0. The first-order valence-corrected chi connectivity index (χ1v) is 7.30. The predicted octanol–water partition coefficient (Wildman–Crippen LogP) is 2.56. The van der Waals surface area contributed by atoms with Gasteiger partial charge in [-0.15, -0.1) is 0 Å². The molecule has 19 heavy (non-hydrogen) atoms. The number of hydrogen-bond acceptors (Lipinski definition) is 3. The molecule has 4 heteroatoms. The number of hydrogen-bond donors (Lipinski definition) is 2. The van der Waals surface area contributed by atoms with Crippen LogP contribution in [0.1, 0.15) is 49.1 Å². The second-order valence-electron chi connectivity index (χ2n) is 6.85. The number of nitrogen functional groups attached to an aromatic ring is 1. The lowest BCUT2D eigenvalue weighted by Gasteiger charge is -2.56. The number of carbonyl (C=O) groups excluding carboxylic acids is 1. The zero-order valence-electron chi connectivity index (χ0n) is 11.0. The highest BCUT2D eigenvalue weighted by atomic mass is 16.4. The van der Waals surface area contributed by atoms with Crippen molar-refractivity contribution in [2.45, 2.75) is 44.1 Å². The quantitative estimate of drug-likeness (QED) is 0.858. The van der Waals surface area contributed by atoms with Crippen molar-refractivity contribution in [3.8, 4) is 0 Å². The van der Waals surface area contributed by atoms with Crippen LogP contribution >= 0.6 is 0 Å². The highest BCUT2D eigenvalue weighted by molar-refractivity contribution is 5.92. The second kappa shape index (κ2) is 3.78. The first-order chi connectivity index (χ1) is 9.12. The van der Waals surface area contributed by atoms with Gasteiger partial charge in [0.2, 0.25) is 0 Å². The fraction of sp³-hybridized carbons (Fsp3) is 0.667. The average molecular weight is 260 g/mol. The van der Waals surface area contributed by atoms with Gasteiger partial charge < -0.3 is 15.5 Å². The predicted molar refractivity (Wildman–Crippen MR) is 71.5 cm³/mol. The number of carbonyl (C=O) groups is 1. The summed E-state index contributed by atoms with van der Waals surface area (Å²) in [5.41, 5.74) is 5.57. The smallest absolute Gasteiger partial charge is 0.287 e. The molecule has 1 heterocycles. The van der Waals surface area contributed by atoms with Gasteiger partial charge in [-0.1, -0.05) is 0 Å². The normalized spacial score (nSPS) is 39.5. The number of nitrogens with one attached hydrogen (secondary N) is 1. The van der Waals surface area contributed by atoms with Crippen LogP contribution in [0.25, 0.3) is 0 Å². The van der Waals surface area contributed by atoms with Crippen LogP contribution in [0.5, 0.6) is 0 Å². The van der Waals surface area contributed by atoms with E-state index in [0.717, 1.165) is 37.0 Å². The summed E-state index contributed by atoms with van der Waals surface area (Å²) in [6.07, 6.45) is 7.59. The molecule has 4 bridgehead atoms. The molecular formula is C15H20N2O2. The Morgan fingerprint density at radius 3 is 2.21 bits per heavy atom. The molecule has 0 aromatic carbocycles. The molecular weight excluding hydrogens is 240 g/mol. The molecule has 4 aliphatic rings. The van der Waals surface area contributed by atoms with E-state index < -0.39 is 0 Å². The molecule has 0 atom stereocenters. The van der Waals surface area contributed by atoms with E-state index in [1.165, 1.54) is 19.3 Å². The van der Waals surface area contributed by atoms with Gasteiger partial charge in [-0.3, -0.25) is 4.79 Å². The van der Waals surface area contributed by atoms with Crippen molar-refractivity contribution in [2.75, 3.05) is 5.73 Å². The van der Waals surface area contributed by atoms with Crippen LogP contribution < -0.4 is 11.1 Å². The van der Waals surface area contributed by atoms with Crippen molar-refractivity contribution in [1.29, 1.82) is 0 Å².